The van der Waals surface area contributed by atoms with Gasteiger partial charge in [0, 0.05) is 11.8 Å². The Hall–Kier alpha value is -0.920. The molecule has 2 aliphatic heterocycles. The maximum Gasteiger partial charge on any atom is 0.101 e. The minimum Gasteiger partial charge on any atom is -0.498 e. The molecule has 8 rings (SSSR count). The van der Waals surface area contributed by atoms with Crippen LogP contribution in [0.2, 0.25) is 0 Å². The summed E-state index contributed by atoms with van der Waals surface area (Å²) in [5.41, 5.74) is 3.56. The molecule has 0 bridgehead atoms. The molecule has 2 heterocycles. The van der Waals surface area contributed by atoms with Crippen LogP contribution in [0.4, 0.5) is 0 Å². The Morgan fingerprint density at radius 2 is 1.09 bits per heavy atom. The Bertz CT molecular complexity index is 619. The summed E-state index contributed by atoms with van der Waals surface area (Å²) < 4.78 is 12.6. The smallest absolute Gasteiger partial charge is 0.101 e. The summed E-state index contributed by atoms with van der Waals surface area (Å²) >= 11 is 0. The summed E-state index contributed by atoms with van der Waals surface area (Å²) in [6, 6.07) is 0. The molecule has 0 saturated heterocycles. The van der Waals surface area contributed by atoms with E-state index in [9.17, 15) is 0 Å². The number of ether oxygens (including phenoxy) is 2. The monoisotopic (exact) mass is 294 g/mol. The predicted molar refractivity (Wildman–Crippen MR) is 79.3 cm³/mol. The Labute approximate surface area is 130 Å². The lowest BCUT2D eigenvalue weighted by Crippen LogP contribution is -2.34. The van der Waals surface area contributed by atoms with Crippen LogP contribution in [-0.4, -0.2) is 12.2 Å². The number of fused-ring (bicyclic) bond motifs is 4. The van der Waals surface area contributed by atoms with Gasteiger partial charge in [0.2, 0.25) is 0 Å². The molecule has 22 heavy (non-hydrogen) atoms. The zero-order chi connectivity index (χ0) is 13.7. The van der Waals surface area contributed by atoms with Gasteiger partial charge in [-0.1, -0.05) is 0 Å². The van der Waals surface area contributed by atoms with E-state index < -0.39 is 0 Å². The molecule has 0 spiro atoms. The molecule has 6 aliphatic carbocycles. The molecule has 0 unspecified atom stereocenters. The van der Waals surface area contributed by atoms with E-state index in [-0.39, 0.29) is 0 Å². The summed E-state index contributed by atoms with van der Waals surface area (Å²) in [5, 5.41) is 0. The van der Waals surface area contributed by atoms with Crippen molar-refractivity contribution in [2.75, 3.05) is 0 Å². The van der Waals surface area contributed by atoms with E-state index >= 15 is 0 Å². The maximum atomic E-state index is 6.30. The minimum absolute atomic E-state index is 0.554. The van der Waals surface area contributed by atoms with Crippen molar-refractivity contribution in [3.8, 4) is 0 Å². The van der Waals surface area contributed by atoms with Gasteiger partial charge in [0.05, 0.1) is 12.5 Å². The van der Waals surface area contributed by atoms with Crippen molar-refractivity contribution in [1.82, 2.24) is 0 Å². The van der Waals surface area contributed by atoms with Crippen LogP contribution in [0.1, 0.15) is 25.7 Å². The van der Waals surface area contributed by atoms with Gasteiger partial charge in [-0.25, -0.2) is 0 Å². The molecule has 0 aromatic heterocycles. The minimum atomic E-state index is 0.554. The summed E-state index contributed by atoms with van der Waals surface area (Å²) in [6.07, 6.45) is 11.1. The molecule has 8 aliphatic rings. The van der Waals surface area contributed by atoms with Crippen molar-refractivity contribution in [3.05, 3.63) is 23.7 Å². The molecule has 6 saturated carbocycles. The van der Waals surface area contributed by atoms with Gasteiger partial charge in [-0.3, -0.25) is 0 Å². The topological polar surface area (TPSA) is 18.5 Å². The van der Waals surface area contributed by atoms with Crippen LogP contribution in [0.5, 0.6) is 0 Å². The van der Waals surface area contributed by atoms with E-state index in [1.54, 1.807) is 11.1 Å². The first-order valence-corrected chi connectivity index (χ1v) is 9.64. The van der Waals surface area contributed by atoms with Crippen LogP contribution in [0.25, 0.3) is 0 Å². The molecule has 12 atom stereocenters. The van der Waals surface area contributed by atoms with Gasteiger partial charge in [-0.05, 0) is 84.2 Å². The van der Waals surface area contributed by atoms with Crippen molar-refractivity contribution in [3.63, 3.8) is 0 Å². The SMILES string of the molecule is C1=C2[C@@H]3[C@@H]4CC[C@H]5OC=C6[C@H]7[C@H]8CC[C@H](O1)[C@H]8[C@@H]2[C@@H]7[C@H]3[C@H]6[C@@H]45. The fourth-order valence-electron chi connectivity index (χ4n) is 9.59. The average Bonchev–Trinajstić information content (AvgIpc) is 3.29. The molecule has 114 valence electrons. The van der Waals surface area contributed by atoms with E-state index in [0.717, 1.165) is 59.2 Å². The van der Waals surface area contributed by atoms with Crippen molar-refractivity contribution in [2.45, 2.75) is 37.9 Å². The van der Waals surface area contributed by atoms with E-state index in [2.05, 4.69) is 12.5 Å². The van der Waals surface area contributed by atoms with Crippen molar-refractivity contribution in [1.29, 1.82) is 0 Å². The van der Waals surface area contributed by atoms with E-state index in [4.69, 9.17) is 9.47 Å². The highest BCUT2D eigenvalue weighted by Gasteiger charge is 2.77. The number of hydrogen-bond acceptors (Lipinski definition) is 2. The molecule has 0 aromatic rings. The van der Waals surface area contributed by atoms with Gasteiger partial charge in [-0.15, -0.1) is 0 Å². The Kier molecular flexibility index (Phi) is 1.49. The zero-order valence-electron chi connectivity index (χ0n) is 12.7. The maximum absolute atomic E-state index is 6.30. The second-order valence-electron chi connectivity index (χ2n) is 9.48. The number of rotatable bonds is 0. The molecule has 2 heteroatoms. The number of hydrogen-bond donors (Lipinski definition) is 0. The highest BCUT2D eigenvalue weighted by molar-refractivity contribution is 5.43. The van der Waals surface area contributed by atoms with Crippen molar-refractivity contribution in [2.24, 2.45) is 59.2 Å². The average molecular weight is 294 g/mol. The molecule has 0 aromatic carbocycles. The Morgan fingerprint density at radius 3 is 1.59 bits per heavy atom. The molecular formula is C20H22O2. The van der Waals surface area contributed by atoms with Gasteiger partial charge in [-0.2, -0.15) is 0 Å². The molecule has 0 radical (unpaired) electrons. The van der Waals surface area contributed by atoms with Crippen LogP contribution in [0.15, 0.2) is 23.7 Å². The second kappa shape index (κ2) is 3.03. The lowest BCUT2D eigenvalue weighted by atomic mass is 9.75. The normalized spacial score (nSPS) is 69.5. The van der Waals surface area contributed by atoms with Gasteiger partial charge in [0.25, 0.3) is 0 Å². The second-order valence-corrected chi connectivity index (χ2v) is 9.48. The zero-order valence-corrected chi connectivity index (χ0v) is 12.7. The van der Waals surface area contributed by atoms with Crippen LogP contribution in [0, 0.1) is 59.2 Å². The Balaban J connectivity index is 1.45. The van der Waals surface area contributed by atoms with E-state index in [0.29, 0.717) is 12.2 Å². The van der Waals surface area contributed by atoms with Crippen LogP contribution in [-0.2, 0) is 9.47 Å². The van der Waals surface area contributed by atoms with Gasteiger partial charge < -0.3 is 9.47 Å². The van der Waals surface area contributed by atoms with Crippen LogP contribution >= 0.6 is 0 Å². The molecule has 0 N–H and O–H groups in total. The first kappa shape index (κ1) is 10.8. The summed E-state index contributed by atoms with van der Waals surface area (Å²) in [4.78, 5) is 0. The molecule has 6 fully saturated rings. The fraction of sp³-hybridized carbons (Fsp3) is 0.800. The summed E-state index contributed by atoms with van der Waals surface area (Å²) in [6.45, 7) is 0. The first-order chi connectivity index (χ1) is 10.9. The third kappa shape index (κ3) is 0.823. The van der Waals surface area contributed by atoms with Crippen LogP contribution < -0.4 is 0 Å². The van der Waals surface area contributed by atoms with Crippen molar-refractivity contribution < 1.29 is 9.47 Å². The van der Waals surface area contributed by atoms with E-state index in [1.165, 1.54) is 25.7 Å². The predicted octanol–water partition coefficient (Wildman–Crippen LogP) is 3.36. The quantitative estimate of drug-likeness (QED) is 0.682. The highest BCUT2D eigenvalue weighted by Crippen LogP contribution is 2.80. The number of allylic oxidation sites excluding steroid dienone is 2. The lowest BCUT2D eigenvalue weighted by Gasteiger charge is -2.36. The largest absolute Gasteiger partial charge is 0.498 e. The van der Waals surface area contributed by atoms with Gasteiger partial charge in [0.15, 0.2) is 0 Å². The molecule has 2 nitrogen and oxygen atoms in total. The molecular weight excluding hydrogens is 272 g/mol. The highest BCUT2D eigenvalue weighted by atomic mass is 16.5. The third-order valence-electron chi connectivity index (χ3n) is 9.57. The lowest BCUT2D eigenvalue weighted by molar-refractivity contribution is 0.0417. The van der Waals surface area contributed by atoms with Gasteiger partial charge >= 0.3 is 0 Å². The summed E-state index contributed by atoms with van der Waals surface area (Å²) in [5.74, 6) is 9.04. The van der Waals surface area contributed by atoms with E-state index in [1.807, 2.05) is 0 Å². The first-order valence-electron chi connectivity index (χ1n) is 9.64. The van der Waals surface area contributed by atoms with Crippen LogP contribution in [0.3, 0.4) is 0 Å². The summed E-state index contributed by atoms with van der Waals surface area (Å²) in [7, 11) is 0. The fourth-order valence-corrected chi connectivity index (χ4v) is 9.59. The standard InChI is InChI=1S/C20H22O2/c1-3-11-15-7(1)13-9-5-22-12-4-2-8-14-10(6-21-11)17(15)19(13)20(14)18(9)16(8)12/h5-8,11-20H,1-4H2/t7-,8+,11+,12-,13-,14+,15-,16-,17+,18+,19+,20+/m0/s1. The van der Waals surface area contributed by atoms with Crippen molar-refractivity contribution >= 4 is 0 Å². The third-order valence-corrected chi connectivity index (χ3v) is 9.57. The molecule has 0 amide bonds. The van der Waals surface area contributed by atoms with Gasteiger partial charge in [0.1, 0.15) is 12.2 Å². The Morgan fingerprint density at radius 1 is 0.591 bits per heavy atom.